The van der Waals surface area contributed by atoms with Gasteiger partial charge in [-0.3, -0.25) is 0 Å². The number of carbonyl (C=O) groups is 1. The molecule has 128 valence electrons. The van der Waals surface area contributed by atoms with Gasteiger partial charge in [-0.15, -0.1) is 0 Å². The number of aliphatic hydroxyl groups excluding tert-OH is 1. The highest BCUT2D eigenvalue weighted by molar-refractivity contribution is 5.89. The molecule has 2 N–H and O–H groups in total. The third kappa shape index (κ3) is 4.42. The molecule has 0 aromatic heterocycles. The van der Waals surface area contributed by atoms with Gasteiger partial charge in [0.05, 0.1) is 6.61 Å². The number of nitrogens with zero attached hydrogens (tertiary/aromatic N) is 2. The Labute approximate surface area is 137 Å². The van der Waals surface area contributed by atoms with Crippen molar-refractivity contribution in [3.8, 4) is 0 Å². The van der Waals surface area contributed by atoms with Crippen molar-refractivity contribution in [3.05, 3.63) is 29.6 Å². The summed E-state index contributed by atoms with van der Waals surface area (Å²) < 4.78 is 13.6. The SMILES string of the molecule is Cc1ccc(NC(=O)N2CCCC(CO)(CN(C)C)C2)cc1F. The molecule has 1 saturated heterocycles. The minimum Gasteiger partial charge on any atom is -0.396 e. The van der Waals surface area contributed by atoms with E-state index in [1.54, 1.807) is 24.0 Å². The summed E-state index contributed by atoms with van der Waals surface area (Å²) in [6, 6.07) is 4.42. The van der Waals surface area contributed by atoms with E-state index in [1.807, 2.05) is 19.0 Å². The summed E-state index contributed by atoms with van der Waals surface area (Å²) >= 11 is 0. The first-order chi connectivity index (χ1) is 10.8. The Morgan fingerprint density at radius 2 is 2.22 bits per heavy atom. The molecule has 1 aliphatic rings. The fourth-order valence-electron chi connectivity index (χ4n) is 3.23. The maximum atomic E-state index is 13.6. The third-order valence-corrected chi connectivity index (χ3v) is 4.36. The molecule has 5 nitrogen and oxygen atoms in total. The van der Waals surface area contributed by atoms with Crippen molar-refractivity contribution >= 4 is 11.7 Å². The molecule has 1 aliphatic heterocycles. The number of aryl methyl sites for hydroxylation is 1. The Hall–Kier alpha value is -1.66. The Morgan fingerprint density at radius 3 is 2.83 bits per heavy atom. The molecule has 1 aromatic carbocycles. The van der Waals surface area contributed by atoms with Crippen molar-refractivity contribution in [1.29, 1.82) is 0 Å². The molecule has 1 heterocycles. The molecule has 0 saturated carbocycles. The van der Waals surface area contributed by atoms with Gasteiger partial charge in [0.15, 0.2) is 0 Å². The van der Waals surface area contributed by atoms with Gasteiger partial charge >= 0.3 is 6.03 Å². The van der Waals surface area contributed by atoms with Crippen LogP contribution in [0, 0.1) is 18.2 Å². The smallest absolute Gasteiger partial charge is 0.321 e. The summed E-state index contributed by atoms with van der Waals surface area (Å²) in [5.74, 6) is -0.334. The van der Waals surface area contributed by atoms with Gasteiger partial charge in [-0.2, -0.15) is 0 Å². The van der Waals surface area contributed by atoms with Crippen LogP contribution >= 0.6 is 0 Å². The second-order valence-corrected chi connectivity index (χ2v) is 6.82. The van der Waals surface area contributed by atoms with E-state index in [2.05, 4.69) is 5.32 Å². The van der Waals surface area contributed by atoms with Crippen LogP contribution in [0.15, 0.2) is 18.2 Å². The Kier molecular flexibility index (Phi) is 5.59. The van der Waals surface area contributed by atoms with E-state index in [0.717, 1.165) is 19.4 Å². The average Bonchev–Trinajstić information content (AvgIpc) is 2.50. The van der Waals surface area contributed by atoms with Crippen LogP contribution in [0.5, 0.6) is 0 Å². The van der Waals surface area contributed by atoms with Crippen LogP contribution < -0.4 is 5.32 Å². The number of anilines is 1. The number of carbonyl (C=O) groups excluding carboxylic acids is 1. The van der Waals surface area contributed by atoms with Crippen LogP contribution in [-0.4, -0.2) is 61.3 Å². The number of urea groups is 1. The highest BCUT2D eigenvalue weighted by Gasteiger charge is 2.37. The van der Waals surface area contributed by atoms with Gasteiger partial charge in [0.25, 0.3) is 0 Å². The van der Waals surface area contributed by atoms with Crippen LogP contribution in [0.2, 0.25) is 0 Å². The van der Waals surface area contributed by atoms with E-state index in [0.29, 0.717) is 24.3 Å². The number of nitrogens with one attached hydrogen (secondary N) is 1. The average molecular weight is 323 g/mol. The van der Waals surface area contributed by atoms with E-state index < -0.39 is 0 Å². The predicted octanol–water partition coefficient (Wildman–Crippen LogP) is 2.30. The number of hydrogen-bond donors (Lipinski definition) is 2. The van der Waals surface area contributed by atoms with E-state index in [-0.39, 0.29) is 23.9 Å². The van der Waals surface area contributed by atoms with Crippen LogP contribution in [0.3, 0.4) is 0 Å². The molecular formula is C17H26FN3O2. The summed E-state index contributed by atoms with van der Waals surface area (Å²) in [6.07, 6.45) is 1.74. The normalized spacial score (nSPS) is 21.6. The monoisotopic (exact) mass is 323 g/mol. The molecule has 1 atom stereocenters. The third-order valence-electron chi connectivity index (χ3n) is 4.36. The number of rotatable bonds is 4. The Balaban J connectivity index is 2.05. The largest absolute Gasteiger partial charge is 0.396 e. The van der Waals surface area contributed by atoms with Crippen molar-refractivity contribution < 1.29 is 14.3 Å². The summed E-state index contributed by atoms with van der Waals surface area (Å²) in [7, 11) is 3.93. The molecule has 0 aliphatic carbocycles. The maximum Gasteiger partial charge on any atom is 0.321 e. The van der Waals surface area contributed by atoms with Gasteiger partial charge in [-0.25, -0.2) is 9.18 Å². The lowest BCUT2D eigenvalue weighted by Gasteiger charge is -2.43. The standard InChI is InChI=1S/C17H26FN3O2/c1-13-5-6-14(9-15(13)18)19-16(23)21-8-4-7-17(11-21,12-22)10-20(2)3/h5-6,9,22H,4,7-8,10-12H2,1-3H3,(H,19,23). The number of aliphatic hydroxyl groups is 1. The lowest BCUT2D eigenvalue weighted by molar-refractivity contribution is 0.0294. The molecule has 0 spiro atoms. The summed E-state index contributed by atoms with van der Waals surface area (Å²) in [4.78, 5) is 16.2. The fourth-order valence-corrected chi connectivity index (χ4v) is 3.23. The number of benzene rings is 1. The van der Waals surface area contributed by atoms with E-state index in [9.17, 15) is 14.3 Å². The van der Waals surface area contributed by atoms with Crippen molar-refractivity contribution in [2.75, 3.05) is 45.7 Å². The number of amides is 2. The van der Waals surface area contributed by atoms with Crippen molar-refractivity contribution in [2.24, 2.45) is 5.41 Å². The lowest BCUT2D eigenvalue weighted by Crippen LogP contribution is -2.52. The van der Waals surface area contributed by atoms with Gasteiger partial charge in [0, 0.05) is 30.7 Å². The first kappa shape index (κ1) is 17.7. The summed E-state index contributed by atoms with van der Waals surface area (Å²) in [6.45, 7) is 3.61. The number of likely N-dealkylation sites (tertiary alicyclic amines) is 1. The fraction of sp³-hybridized carbons (Fsp3) is 0.588. The zero-order valence-corrected chi connectivity index (χ0v) is 14.1. The lowest BCUT2D eigenvalue weighted by atomic mass is 9.80. The van der Waals surface area contributed by atoms with Gasteiger partial charge in [-0.05, 0) is 51.6 Å². The van der Waals surface area contributed by atoms with Gasteiger partial charge in [0.2, 0.25) is 0 Å². The van der Waals surface area contributed by atoms with Gasteiger partial charge in [-0.1, -0.05) is 6.07 Å². The minimum absolute atomic E-state index is 0.0497. The molecule has 1 unspecified atom stereocenters. The number of piperidine rings is 1. The van der Waals surface area contributed by atoms with Crippen LogP contribution in [0.4, 0.5) is 14.9 Å². The van der Waals surface area contributed by atoms with Crippen molar-refractivity contribution in [1.82, 2.24) is 9.80 Å². The molecule has 23 heavy (non-hydrogen) atoms. The van der Waals surface area contributed by atoms with Crippen LogP contribution in [-0.2, 0) is 0 Å². The molecule has 0 radical (unpaired) electrons. The molecule has 6 heteroatoms. The van der Waals surface area contributed by atoms with Crippen molar-refractivity contribution in [2.45, 2.75) is 19.8 Å². The molecule has 2 rings (SSSR count). The molecule has 2 amide bonds. The number of hydrogen-bond acceptors (Lipinski definition) is 3. The number of halogens is 1. The Morgan fingerprint density at radius 1 is 1.48 bits per heavy atom. The topological polar surface area (TPSA) is 55.8 Å². The maximum absolute atomic E-state index is 13.6. The van der Waals surface area contributed by atoms with Crippen LogP contribution in [0.25, 0.3) is 0 Å². The van der Waals surface area contributed by atoms with E-state index in [1.165, 1.54) is 6.07 Å². The first-order valence-corrected chi connectivity index (χ1v) is 7.93. The first-order valence-electron chi connectivity index (χ1n) is 7.93. The van der Waals surface area contributed by atoms with Gasteiger partial charge in [0.1, 0.15) is 5.82 Å². The molecule has 0 bridgehead atoms. The van der Waals surface area contributed by atoms with Crippen molar-refractivity contribution in [3.63, 3.8) is 0 Å². The molecule has 1 aromatic rings. The second kappa shape index (κ2) is 7.27. The van der Waals surface area contributed by atoms with E-state index >= 15 is 0 Å². The zero-order chi connectivity index (χ0) is 17.0. The van der Waals surface area contributed by atoms with Gasteiger partial charge < -0.3 is 20.2 Å². The summed E-state index contributed by atoms with van der Waals surface area (Å²) in [5, 5.41) is 12.6. The van der Waals surface area contributed by atoms with Crippen LogP contribution in [0.1, 0.15) is 18.4 Å². The quantitative estimate of drug-likeness (QED) is 0.894. The summed E-state index contributed by atoms with van der Waals surface area (Å²) in [5.41, 5.74) is 0.703. The van der Waals surface area contributed by atoms with E-state index in [4.69, 9.17) is 0 Å². The minimum atomic E-state index is -0.334. The molecule has 1 fully saturated rings. The highest BCUT2D eigenvalue weighted by Crippen LogP contribution is 2.30. The second-order valence-electron chi connectivity index (χ2n) is 6.82. The highest BCUT2D eigenvalue weighted by atomic mass is 19.1. The molecular weight excluding hydrogens is 297 g/mol. The zero-order valence-electron chi connectivity index (χ0n) is 14.1. The predicted molar refractivity (Wildman–Crippen MR) is 89.0 cm³/mol. The Bertz CT molecular complexity index is 565.